The molecule has 0 spiro atoms. The number of furan rings is 1. The predicted molar refractivity (Wildman–Crippen MR) is 145 cm³/mol. The average Bonchev–Trinajstić information content (AvgIpc) is 3.48. The minimum absolute atomic E-state index is 0.0632. The standard InChI is InChI=1S/C27H19BrFN3O6S/c1-3-37-26(34)23-14(2)30-27-31(24(23)15-4-6-16(29)7-5-15)25(33)22(39-27)13-18-9-11-21(38-18)19-10-8-17(32(35)36)12-20(19)28/h4-13,24H,3H2,1-2H3/b22-13-/t24-/m1/s1. The molecule has 9 nitrogen and oxygen atoms in total. The van der Waals surface area contributed by atoms with Crippen molar-refractivity contribution >= 4 is 45.0 Å². The fourth-order valence-corrected chi connectivity index (χ4v) is 5.86. The maximum absolute atomic E-state index is 13.7. The number of esters is 1. The number of aromatic nitrogens is 1. The first-order chi connectivity index (χ1) is 18.7. The van der Waals surface area contributed by atoms with Gasteiger partial charge in [-0.2, -0.15) is 0 Å². The highest BCUT2D eigenvalue weighted by atomic mass is 79.9. The SMILES string of the molecule is CCOC(=O)C1=C(C)N=c2s/c(=C\c3ccc(-c4ccc([N+](=O)[O-])cc4Br)o3)c(=O)n2[C@@H]1c1ccc(F)cc1. The minimum atomic E-state index is -0.855. The van der Waals surface area contributed by atoms with Gasteiger partial charge in [0, 0.05) is 28.2 Å². The molecule has 12 heteroatoms. The van der Waals surface area contributed by atoms with Gasteiger partial charge in [0.05, 0.1) is 33.4 Å². The van der Waals surface area contributed by atoms with Gasteiger partial charge in [0.2, 0.25) is 0 Å². The fourth-order valence-electron chi connectivity index (χ4n) is 4.27. The number of thiazole rings is 1. The number of nitrogens with zero attached hydrogens (tertiary/aromatic N) is 3. The van der Waals surface area contributed by atoms with E-state index in [1.807, 2.05) is 0 Å². The van der Waals surface area contributed by atoms with Gasteiger partial charge in [-0.05, 0) is 65.7 Å². The molecule has 2 aromatic heterocycles. The second-order valence-corrected chi connectivity index (χ2v) is 10.3. The lowest BCUT2D eigenvalue weighted by Gasteiger charge is -2.24. The lowest BCUT2D eigenvalue weighted by Crippen LogP contribution is -2.39. The molecular formula is C27H19BrFN3O6S. The van der Waals surface area contributed by atoms with E-state index in [9.17, 15) is 24.1 Å². The molecule has 0 amide bonds. The van der Waals surface area contributed by atoms with Crippen LogP contribution in [0.1, 0.15) is 31.2 Å². The highest BCUT2D eigenvalue weighted by molar-refractivity contribution is 9.10. The molecule has 3 heterocycles. The van der Waals surface area contributed by atoms with Gasteiger partial charge < -0.3 is 9.15 Å². The van der Waals surface area contributed by atoms with Gasteiger partial charge in [0.25, 0.3) is 11.2 Å². The highest BCUT2D eigenvalue weighted by Gasteiger charge is 2.33. The number of ether oxygens (including phenoxy) is 1. The summed E-state index contributed by atoms with van der Waals surface area (Å²) < 4.78 is 27.1. The molecule has 1 aliphatic heterocycles. The Labute approximate surface area is 232 Å². The zero-order valence-corrected chi connectivity index (χ0v) is 22.9. The second-order valence-electron chi connectivity index (χ2n) is 8.48. The van der Waals surface area contributed by atoms with Gasteiger partial charge in [0.15, 0.2) is 4.80 Å². The molecule has 1 atom stereocenters. The normalized spacial score (nSPS) is 15.2. The molecule has 0 saturated heterocycles. The number of carbonyl (C=O) groups excluding carboxylic acids is 1. The van der Waals surface area contributed by atoms with Crippen LogP contribution >= 0.6 is 27.3 Å². The Morgan fingerprint density at radius 3 is 2.67 bits per heavy atom. The van der Waals surface area contributed by atoms with Crippen molar-refractivity contribution in [2.75, 3.05) is 6.61 Å². The average molecular weight is 612 g/mol. The topological polar surface area (TPSA) is 117 Å². The summed E-state index contributed by atoms with van der Waals surface area (Å²) in [7, 11) is 0. The molecule has 198 valence electrons. The Morgan fingerprint density at radius 1 is 1.26 bits per heavy atom. The molecule has 0 bridgehead atoms. The van der Waals surface area contributed by atoms with Crippen LogP contribution in [0.15, 0.2) is 84.5 Å². The number of rotatable bonds is 6. The van der Waals surface area contributed by atoms with Crippen molar-refractivity contribution in [2.24, 2.45) is 4.99 Å². The molecule has 2 aromatic carbocycles. The summed E-state index contributed by atoms with van der Waals surface area (Å²) in [6, 6.07) is 12.4. The summed E-state index contributed by atoms with van der Waals surface area (Å²) in [6.07, 6.45) is 1.57. The molecule has 5 rings (SSSR count). The van der Waals surface area contributed by atoms with E-state index in [-0.39, 0.29) is 17.9 Å². The van der Waals surface area contributed by atoms with E-state index in [2.05, 4.69) is 20.9 Å². The van der Waals surface area contributed by atoms with Crippen LogP contribution in [0.25, 0.3) is 17.4 Å². The fraction of sp³-hybridized carbons (Fsp3) is 0.148. The van der Waals surface area contributed by atoms with Gasteiger partial charge in [-0.3, -0.25) is 19.5 Å². The van der Waals surface area contributed by atoms with Crippen LogP contribution in [-0.2, 0) is 9.53 Å². The largest absolute Gasteiger partial charge is 0.463 e. The van der Waals surface area contributed by atoms with Gasteiger partial charge in [0.1, 0.15) is 17.3 Å². The number of halogens is 2. The lowest BCUT2D eigenvalue weighted by atomic mass is 9.96. The van der Waals surface area contributed by atoms with Gasteiger partial charge in [-0.25, -0.2) is 14.2 Å². The van der Waals surface area contributed by atoms with E-state index in [0.717, 1.165) is 11.3 Å². The number of fused-ring (bicyclic) bond motifs is 1. The van der Waals surface area contributed by atoms with E-state index in [1.54, 1.807) is 38.1 Å². The molecule has 39 heavy (non-hydrogen) atoms. The third-order valence-electron chi connectivity index (χ3n) is 6.03. The van der Waals surface area contributed by atoms with Crippen LogP contribution < -0.4 is 14.9 Å². The Bertz CT molecular complexity index is 1840. The first-order valence-corrected chi connectivity index (χ1v) is 13.3. The summed E-state index contributed by atoms with van der Waals surface area (Å²) in [5.74, 6) is -0.231. The van der Waals surface area contributed by atoms with Crippen LogP contribution in [0.2, 0.25) is 0 Å². The van der Waals surface area contributed by atoms with Crippen LogP contribution in [0, 0.1) is 15.9 Å². The summed E-state index contributed by atoms with van der Waals surface area (Å²) in [6.45, 7) is 3.49. The lowest BCUT2D eigenvalue weighted by molar-refractivity contribution is -0.384. The smallest absolute Gasteiger partial charge is 0.338 e. The van der Waals surface area contributed by atoms with E-state index < -0.39 is 28.3 Å². The van der Waals surface area contributed by atoms with Crippen LogP contribution in [0.3, 0.4) is 0 Å². The van der Waals surface area contributed by atoms with Crippen molar-refractivity contribution in [3.05, 3.63) is 117 Å². The van der Waals surface area contributed by atoms with Crippen molar-refractivity contribution in [3.63, 3.8) is 0 Å². The van der Waals surface area contributed by atoms with E-state index in [4.69, 9.17) is 9.15 Å². The molecule has 0 aliphatic carbocycles. The zero-order valence-electron chi connectivity index (χ0n) is 20.5. The van der Waals surface area contributed by atoms with Crippen molar-refractivity contribution in [3.8, 4) is 11.3 Å². The predicted octanol–water partition coefficient (Wildman–Crippen LogP) is 4.87. The quantitative estimate of drug-likeness (QED) is 0.174. The zero-order chi connectivity index (χ0) is 27.8. The summed E-state index contributed by atoms with van der Waals surface area (Å²) >= 11 is 4.47. The summed E-state index contributed by atoms with van der Waals surface area (Å²) in [4.78, 5) is 42.0. The van der Waals surface area contributed by atoms with Gasteiger partial charge >= 0.3 is 5.97 Å². The third-order valence-corrected chi connectivity index (χ3v) is 7.67. The number of benzene rings is 2. The van der Waals surface area contributed by atoms with Crippen LogP contribution in [-0.4, -0.2) is 22.1 Å². The molecule has 0 fully saturated rings. The Balaban J connectivity index is 1.60. The Kier molecular flexibility index (Phi) is 7.15. The Hall–Kier alpha value is -4.16. The Morgan fingerprint density at radius 2 is 2.00 bits per heavy atom. The number of carbonyl (C=O) groups is 1. The van der Waals surface area contributed by atoms with Gasteiger partial charge in [-0.15, -0.1) is 0 Å². The number of non-ortho nitro benzene ring substituents is 1. The van der Waals surface area contributed by atoms with Gasteiger partial charge in [-0.1, -0.05) is 23.5 Å². The second kappa shape index (κ2) is 10.5. The number of allylic oxidation sites excluding steroid dienone is 1. The van der Waals surface area contributed by atoms with Crippen molar-refractivity contribution in [2.45, 2.75) is 19.9 Å². The molecular weight excluding hydrogens is 593 g/mol. The maximum atomic E-state index is 13.7. The highest BCUT2D eigenvalue weighted by Crippen LogP contribution is 2.33. The first kappa shape index (κ1) is 26.4. The molecule has 0 unspecified atom stereocenters. The van der Waals surface area contributed by atoms with E-state index in [0.29, 0.717) is 42.2 Å². The van der Waals surface area contributed by atoms with Crippen LogP contribution in [0.4, 0.5) is 10.1 Å². The van der Waals surface area contributed by atoms with E-state index >= 15 is 0 Å². The van der Waals surface area contributed by atoms with Crippen LogP contribution in [0.5, 0.6) is 0 Å². The first-order valence-electron chi connectivity index (χ1n) is 11.7. The summed E-state index contributed by atoms with van der Waals surface area (Å²) in [5.41, 5.74) is 1.27. The number of hydrogen-bond acceptors (Lipinski definition) is 8. The monoisotopic (exact) mass is 611 g/mol. The van der Waals surface area contributed by atoms with Crippen molar-refractivity contribution in [1.82, 2.24) is 4.57 Å². The number of nitro benzene ring substituents is 1. The number of nitro groups is 1. The van der Waals surface area contributed by atoms with Crippen molar-refractivity contribution < 1.29 is 23.3 Å². The van der Waals surface area contributed by atoms with Crippen molar-refractivity contribution in [1.29, 1.82) is 0 Å². The number of hydrogen-bond donors (Lipinski definition) is 0. The summed E-state index contributed by atoms with van der Waals surface area (Å²) in [5, 5.41) is 11.0. The third kappa shape index (κ3) is 5.00. The molecule has 0 radical (unpaired) electrons. The maximum Gasteiger partial charge on any atom is 0.338 e. The molecule has 1 aliphatic rings. The van der Waals surface area contributed by atoms with E-state index in [1.165, 1.54) is 41.0 Å². The molecule has 4 aromatic rings. The molecule has 0 N–H and O–H groups in total. The minimum Gasteiger partial charge on any atom is -0.463 e. The molecule has 0 saturated carbocycles.